The Balaban J connectivity index is 1.62. The molecule has 2 N–H and O–H groups in total. The summed E-state index contributed by atoms with van der Waals surface area (Å²) in [5.41, 5.74) is 4.70. The summed E-state index contributed by atoms with van der Waals surface area (Å²) >= 11 is 0. The zero-order valence-corrected chi connectivity index (χ0v) is 13.5. The van der Waals surface area contributed by atoms with Crippen LogP contribution >= 0.6 is 0 Å². The van der Waals surface area contributed by atoms with Crippen LogP contribution in [0.1, 0.15) is 0 Å². The Morgan fingerprint density at radius 2 is 1.96 bits per heavy atom. The lowest BCUT2D eigenvalue weighted by Crippen LogP contribution is -2.06. The number of benzene rings is 1. The van der Waals surface area contributed by atoms with Gasteiger partial charge in [0, 0.05) is 42.9 Å². The Labute approximate surface area is 143 Å². The van der Waals surface area contributed by atoms with Gasteiger partial charge in [-0.1, -0.05) is 6.07 Å². The molecule has 4 aromatic heterocycles. The molecule has 0 radical (unpaired) electrons. The summed E-state index contributed by atoms with van der Waals surface area (Å²) in [5, 5.41) is 7.66. The number of aromatic amines is 1. The van der Waals surface area contributed by atoms with Crippen molar-refractivity contribution >= 4 is 28.1 Å². The summed E-state index contributed by atoms with van der Waals surface area (Å²) in [6.45, 7) is 0. The highest BCUT2D eigenvalue weighted by atomic mass is 15.3. The average molecular weight is 329 g/mol. The molecule has 0 bridgehead atoms. The third-order valence-corrected chi connectivity index (χ3v) is 4.22. The number of nitrogens with zero attached hydrogens (tertiary/aromatic N) is 5. The Kier molecular flexibility index (Phi) is 2.87. The van der Waals surface area contributed by atoms with Gasteiger partial charge in [-0.05, 0) is 24.3 Å². The minimum atomic E-state index is 0.707. The lowest BCUT2D eigenvalue weighted by molar-refractivity contribution is 0.696. The second kappa shape index (κ2) is 5.20. The Hall–Kier alpha value is -3.61. The molecule has 25 heavy (non-hydrogen) atoms. The van der Waals surface area contributed by atoms with Crippen LogP contribution in [0, 0.1) is 0 Å². The van der Waals surface area contributed by atoms with Crippen molar-refractivity contribution in [2.24, 2.45) is 7.05 Å². The standard InChI is InChI=1S/C18H15N7/c1-24-11-15(23-24)16-10-21-18-17(20-8-9-25(16)18)22-14-6-2-5-13-12(14)4-3-7-19-13/h2-11,23H,1H3,(H,20,22). The predicted octanol–water partition coefficient (Wildman–Crippen LogP) is 3.35. The largest absolute Gasteiger partial charge is 0.337 e. The normalized spacial score (nSPS) is 11.4. The Morgan fingerprint density at radius 3 is 2.84 bits per heavy atom. The van der Waals surface area contributed by atoms with Crippen LogP contribution in [-0.4, -0.2) is 29.1 Å². The second-order valence-corrected chi connectivity index (χ2v) is 5.88. The van der Waals surface area contributed by atoms with Gasteiger partial charge < -0.3 is 5.32 Å². The predicted molar refractivity (Wildman–Crippen MR) is 96.8 cm³/mol. The molecule has 5 aromatic rings. The van der Waals surface area contributed by atoms with Crippen molar-refractivity contribution in [3.8, 4) is 11.4 Å². The molecule has 0 aliphatic carbocycles. The first-order chi connectivity index (χ1) is 12.3. The number of anilines is 2. The maximum atomic E-state index is 4.55. The number of nitrogens with one attached hydrogen (secondary N) is 2. The summed E-state index contributed by atoms with van der Waals surface area (Å²) < 4.78 is 3.92. The van der Waals surface area contributed by atoms with Gasteiger partial charge in [-0.25, -0.2) is 9.97 Å². The molecule has 0 amide bonds. The molecule has 0 aliphatic rings. The summed E-state index contributed by atoms with van der Waals surface area (Å²) in [6.07, 6.45) is 9.34. The fraction of sp³-hybridized carbons (Fsp3) is 0.0556. The van der Waals surface area contributed by atoms with Crippen molar-refractivity contribution in [3.05, 3.63) is 61.3 Å². The SMILES string of the molecule is Cn1cc(-c2cnc3c(Nc4cccc5ncccc45)nccn23)[nH]1. The monoisotopic (exact) mass is 329 g/mol. The molecule has 7 nitrogen and oxygen atoms in total. The first-order valence-electron chi connectivity index (χ1n) is 7.94. The van der Waals surface area contributed by atoms with Gasteiger partial charge >= 0.3 is 0 Å². The third-order valence-electron chi connectivity index (χ3n) is 4.22. The molecule has 0 saturated carbocycles. The molecule has 0 spiro atoms. The number of H-pyrrole nitrogens is 1. The summed E-state index contributed by atoms with van der Waals surface area (Å²) in [5.74, 6) is 0.707. The van der Waals surface area contributed by atoms with E-state index in [1.165, 1.54) is 0 Å². The van der Waals surface area contributed by atoms with Crippen LogP contribution in [0.3, 0.4) is 0 Å². The van der Waals surface area contributed by atoms with E-state index in [-0.39, 0.29) is 0 Å². The van der Waals surface area contributed by atoms with E-state index in [2.05, 4.69) is 25.4 Å². The van der Waals surface area contributed by atoms with Gasteiger partial charge in [0.25, 0.3) is 0 Å². The van der Waals surface area contributed by atoms with Gasteiger partial charge in [0.2, 0.25) is 0 Å². The molecule has 0 atom stereocenters. The fourth-order valence-electron chi connectivity index (χ4n) is 3.05. The van der Waals surface area contributed by atoms with Gasteiger partial charge in [0.1, 0.15) is 0 Å². The van der Waals surface area contributed by atoms with Crippen LogP contribution in [-0.2, 0) is 7.05 Å². The highest BCUT2D eigenvalue weighted by molar-refractivity contribution is 5.93. The minimum absolute atomic E-state index is 0.707. The summed E-state index contributed by atoms with van der Waals surface area (Å²) in [6, 6.07) is 9.96. The van der Waals surface area contributed by atoms with Crippen LogP contribution in [0.2, 0.25) is 0 Å². The van der Waals surface area contributed by atoms with Crippen LogP contribution in [0.5, 0.6) is 0 Å². The Bertz CT molecular complexity index is 1180. The number of hydrogen-bond acceptors (Lipinski definition) is 4. The minimum Gasteiger partial charge on any atom is -0.337 e. The van der Waals surface area contributed by atoms with Gasteiger partial charge in [-0.15, -0.1) is 0 Å². The molecule has 0 saturated heterocycles. The van der Waals surface area contributed by atoms with Crippen molar-refractivity contribution in [2.75, 3.05) is 5.32 Å². The van der Waals surface area contributed by atoms with Crippen molar-refractivity contribution in [2.45, 2.75) is 0 Å². The van der Waals surface area contributed by atoms with Crippen molar-refractivity contribution in [3.63, 3.8) is 0 Å². The molecule has 0 unspecified atom stereocenters. The van der Waals surface area contributed by atoms with Gasteiger partial charge in [-0.3, -0.25) is 19.2 Å². The summed E-state index contributed by atoms with van der Waals surface area (Å²) in [4.78, 5) is 13.4. The fourth-order valence-corrected chi connectivity index (χ4v) is 3.05. The van der Waals surface area contributed by atoms with Gasteiger partial charge in [0.15, 0.2) is 11.5 Å². The van der Waals surface area contributed by atoms with E-state index in [1.807, 2.05) is 65.1 Å². The summed E-state index contributed by atoms with van der Waals surface area (Å²) in [7, 11) is 1.95. The zero-order valence-electron chi connectivity index (χ0n) is 13.5. The van der Waals surface area contributed by atoms with Crippen LogP contribution < -0.4 is 5.32 Å². The van der Waals surface area contributed by atoms with E-state index in [1.54, 1.807) is 12.4 Å². The molecule has 5 rings (SSSR count). The molecule has 1 aromatic carbocycles. The number of hydrogen-bond donors (Lipinski definition) is 2. The molecule has 122 valence electrons. The average Bonchev–Trinajstić information content (AvgIpc) is 3.04. The highest BCUT2D eigenvalue weighted by Gasteiger charge is 2.13. The molecule has 0 fully saturated rings. The van der Waals surface area contributed by atoms with E-state index >= 15 is 0 Å². The van der Waals surface area contributed by atoms with Crippen molar-refractivity contribution in [1.82, 2.24) is 29.1 Å². The molecule has 7 heteroatoms. The van der Waals surface area contributed by atoms with Crippen molar-refractivity contribution < 1.29 is 0 Å². The van der Waals surface area contributed by atoms with Crippen LogP contribution in [0.25, 0.3) is 27.9 Å². The highest BCUT2D eigenvalue weighted by Crippen LogP contribution is 2.27. The van der Waals surface area contributed by atoms with Gasteiger partial charge in [0.05, 0.1) is 23.1 Å². The Morgan fingerprint density at radius 1 is 1.04 bits per heavy atom. The van der Waals surface area contributed by atoms with Crippen molar-refractivity contribution in [1.29, 1.82) is 0 Å². The first kappa shape index (κ1) is 13.8. The third kappa shape index (κ3) is 2.17. The lowest BCUT2D eigenvalue weighted by Gasteiger charge is -2.12. The first-order valence-corrected chi connectivity index (χ1v) is 7.94. The maximum absolute atomic E-state index is 4.55. The van der Waals surface area contributed by atoms with E-state index < -0.39 is 0 Å². The molecular weight excluding hydrogens is 314 g/mol. The number of rotatable bonds is 3. The van der Waals surface area contributed by atoms with Crippen LogP contribution in [0.15, 0.2) is 61.3 Å². The van der Waals surface area contributed by atoms with Crippen LogP contribution in [0.4, 0.5) is 11.5 Å². The second-order valence-electron chi connectivity index (χ2n) is 5.88. The van der Waals surface area contributed by atoms with E-state index in [0.29, 0.717) is 5.82 Å². The van der Waals surface area contributed by atoms with Gasteiger partial charge in [-0.2, -0.15) is 0 Å². The quantitative estimate of drug-likeness (QED) is 0.532. The van der Waals surface area contributed by atoms with E-state index in [4.69, 9.17) is 0 Å². The number of aryl methyl sites for hydroxylation is 1. The smallest absolute Gasteiger partial charge is 0.180 e. The lowest BCUT2D eigenvalue weighted by atomic mass is 10.2. The maximum Gasteiger partial charge on any atom is 0.180 e. The number of aromatic nitrogens is 6. The zero-order chi connectivity index (χ0) is 16.8. The molecule has 0 aliphatic heterocycles. The number of imidazole rings is 1. The van der Waals surface area contributed by atoms with E-state index in [0.717, 1.165) is 33.6 Å². The number of pyridine rings is 1. The molecular formula is C18H15N7. The number of fused-ring (bicyclic) bond motifs is 2. The topological polar surface area (TPSA) is 75.8 Å². The molecule has 4 heterocycles. The van der Waals surface area contributed by atoms with E-state index in [9.17, 15) is 0 Å².